The first-order chi connectivity index (χ1) is 14.3. The Balaban J connectivity index is 1.27. The highest BCUT2D eigenvalue weighted by atomic mass is 32.1. The second kappa shape index (κ2) is 7.84. The summed E-state index contributed by atoms with van der Waals surface area (Å²) in [5.74, 6) is -0.105. The van der Waals surface area contributed by atoms with Gasteiger partial charge in [0.05, 0.1) is 16.1 Å². The summed E-state index contributed by atoms with van der Waals surface area (Å²) < 4.78 is 1.17. The lowest BCUT2D eigenvalue weighted by Gasteiger charge is -2.31. The minimum atomic E-state index is -0.0958. The van der Waals surface area contributed by atoms with Crippen LogP contribution in [0.15, 0.2) is 48.8 Å². The zero-order valence-corrected chi connectivity index (χ0v) is 17.1. The van der Waals surface area contributed by atoms with Crippen molar-refractivity contribution in [1.82, 2.24) is 20.2 Å². The number of hydrogen-bond acceptors (Lipinski definition) is 8. The van der Waals surface area contributed by atoms with E-state index in [0.717, 1.165) is 40.6 Å². The standard InChI is InChI=1S/C20H18N6OS2/c27-17(23-19-25-24-18(29-19)13-5-3-9-21-11-13)14-6-4-10-26(12-14)20-22-15-7-1-2-8-16(15)28-20/h1-3,5,7-9,11,14H,4,6,10,12H2,(H,23,25,27)/t14-/m1/s1. The van der Waals surface area contributed by atoms with Gasteiger partial charge in [-0.15, -0.1) is 10.2 Å². The van der Waals surface area contributed by atoms with Gasteiger partial charge in [-0.25, -0.2) is 4.98 Å². The van der Waals surface area contributed by atoms with Gasteiger partial charge in [-0.3, -0.25) is 9.78 Å². The van der Waals surface area contributed by atoms with Crippen molar-refractivity contribution in [3.8, 4) is 10.6 Å². The summed E-state index contributed by atoms with van der Waals surface area (Å²) in [6.07, 6.45) is 5.28. The lowest BCUT2D eigenvalue weighted by molar-refractivity contribution is -0.120. The predicted molar refractivity (Wildman–Crippen MR) is 116 cm³/mol. The number of piperidine rings is 1. The Kier molecular flexibility index (Phi) is 4.91. The quantitative estimate of drug-likeness (QED) is 0.534. The molecule has 1 fully saturated rings. The van der Waals surface area contributed by atoms with E-state index in [1.54, 1.807) is 23.7 Å². The van der Waals surface area contributed by atoms with Crippen molar-refractivity contribution in [2.45, 2.75) is 12.8 Å². The second-order valence-corrected chi connectivity index (χ2v) is 8.88. The van der Waals surface area contributed by atoms with E-state index in [0.29, 0.717) is 11.7 Å². The van der Waals surface area contributed by atoms with E-state index in [2.05, 4.69) is 31.5 Å². The molecule has 1 saturated heterocycles. The molecule has 1 aliphatic heterocycles. The molecule has 0 unspecified atom stereocenters. The van der Waals surface area contributed by atoms with Crippen LogP contribution in [0.5, 0.6) is 0 Å². The summed E-state index contributed by atoms with van der Waals surface area (Å²) in [7, 11) is 0. The number of hydrogen-bond donors (Lipinski definition) is 1. The van der Waals surface area contributed by atoms with E-state index in [4.69, 9.17) is 4.98 Å². The molecule has 4 heterocycles. The van der Waals surface area contributed by atoms with Crippen molar-refractivity contribution in [2.24, 2.45) is 5.92 Å². The van der Waals surface area contributed by atoms with Gasteiger partial charge < -0.3 is 10.2 Å². The number of amides is 1. The molecule has 29 heavy (non-hydrogen) atoms. The number of rotatable bonds is 4. The molecule has 4 aromatic rings. The number of carbonyl (C=O) groups is 1. The number of aromatic nitrogens is 4. The van der Waals surface area contributed by atoms with E-state index in [1.807, 2.05) is 30.3 Å². The van der Waals surface area contributed by atoms with Gasteiger partial charge in [0.25, 0.3) is 0 Å². The van der Waals surface area contributed by atoms with Gasteiger partial charge in [0.15, 0.2) is 10.1 Å². The molecular formula is C20H18N6OS2. The fourth-order valence-electron chi connectivity index (χ4n) is 3.45. The lowest BCUT2D eigenvalue weighted by atomic mass is 9.98. The minimum absolute atomic E-state index is 0.00954. The summed E-state index contributed by atoms with van der Waals surface area (Å²) in [4.78, 5) is 23.9. The average molecular weight is 423 g/mol. The van der Waals surface area contributed by atoms with Crippen LogP contribution < -0.4 is 10.2 Å². The molecular weight excluding hydrogens is 404 g/mol. The largest absolute Gasteiger partial charge is 0.347 e. The molecule has 0 spiro atoms. The Bertz CT molecular complexity index is 1110. The molecule has 146 valence electrons. The van der Waals surface area contributed by atoms with Crippen LogP contribution in [0.1, 0.15) is 12.8 Å². The Labute approximate surface area is 175 Å². The molecule has 0 aliphatic carbocycles. The number of benzene rings is 1. The van der Waals surface area contributed by atoms with Crippen molar-refractivity contribution in [1.29, 1.82) is 0 Å². The highest BCUT2D eigenvalue weighted by Gasteiger charge is 2.28. The number of fused-ring (bicyclic) bond motifs is 1. The van der Waals surface area contributed by atoms with Crippen LogP contribution >= 0.6 is 22.7 Å². The van der Waals surface area contributed by atoms with Gasteiger partial charge in [-0.2, -0.15) is 0 Å². The number of thiazole rings is 1. The van der Waals surface area contributed by atoms with Crippen molar-refractivity contribution in [2.75, 3.05) is 23.3 Å². The van der Waals surface area contributed by atoms with Crippen molar-refractivity contribution >= 4 is 49.1 Å². The maximum absolute atomic E-state index is 12.8. The number of nitrogens with one attached hydrogen (secondary N) is 1. The van der Waals surface area contributed by atoms with Gasteiger partial charge in [0, 0.05) is 31.0 Å². The average Bonchev–Trinajstić information content (AvgIpc) is 3.41. The van der Waals surface area contributed by atoms with Crippen LogP contribution in [-0.4, -0.2) is 39.2 Å². The zero-order chi connectivity index (χ0) is 19.6. The molecule has 0 saturated carbocycles. The Morgan fingerprint density at radius 3 is 2.93 bits per heavy atom. The first-order valence-electron chi connectivity index (χ1n) is 9.41. The van der Waals surface area contributed by atoms with Crippen LogP contribution in [0.4, 0.5) is 10.3 Å². The highest BCUT2D eigenvalue weighted by Crippen LogP contribution is 2.32. The summed E-state index contributed by atoms with van der Waals surface area (Å²) in [6.45, 7) is 1.59. The molecule has 1 atom stereocenters. The third-order valence-corrected chi connectivity index (χ3v) is 6.89. The summed E-state index contributed by atoms with van der Waals surface area (Å²) in [6, 6.07) is 11.9. The fourth-order valence-corrected chi connectivity index (χ4v) is 5.18. The van der Waals surface area contributed by atoms with E-state index >= 15 is 0 Å². The maximum atomic E-state index is 12.8. The fraction of sp³-hybridized carbons (Fsp3) is 0.250. The predicted octanol–water partition coefficient (Wildman–Crippen LogP) is 4.06. The van der Waals surface area contributed by atoms with Crippen LogP contribution in [0.2, 0.25) is 0 Å². The Morgan fingerprint density at radius 2 is 2.07 bits per heavy atom. The summed E-state index contributed by atoms with van der Waals surface area (Å²) in [5, 5.41) is 13.5. The van der Waals surface area contributed by atoms with Crippen LogP contribution in [0.25, 0.3) is 20.8 Å². The Hall–Kier alpha value is -2.91. The highest BCUT2D eigenvalue weighted by molar-refractivity contribution is 7.22. The van der Waals surface area contributed by atoms with Crippen molar-refractivity contribution < 1.29 is 4.79 Å². The van der Waals surface area contributed by atoms with E-state index in [9.17, 15) is 4.79 Å². The Morgan fingerprint density at radius 1 is 1.14 bits per heavy atom. The molecule has 1 N–H and O–H groups in total. The van der Waals surface area contributed by atoms with Crippen molar-refractivity contribution in [3.63, 3.8) is 0 Å². The minimum Gasteiger partial charge on any atom is -0.347 e. The topological polar surface area (TPSA) is 83.9 Å². The molecule has 7 nitrogen and oxygen atoms in total. The number of anilines is 2. The molecule has 1 amide bonds. The van der Waals surface area contributed by atoms with E-state index in [-0.39, 0.29) is 11.8 Å². The third kappa shape index (κ3) is 3.83. The summed E-state index contributed by atoms with van der Waals surface area (Å²) >= 11 is 3.04. The number of pyridine rings is 1. The second-order valence-electron chi connectivity index (χ2n) is 6.89. The molecule has 1 aliphatic rings. The molecule has 1 aromatic carbocycles. The zero-order valence-electron chi connectivity index (χ0n) is 15.5. The monoisotopic (exact) mass is 422 g/mol. The molecule has 3 aromatic heterocycles. The first-order valence-corrected chi connectivity index (χ1v) is 11.0. The SMILES string of the molecule is O=C(Nc1nnc(-c2cccnc2)s1)[C@@H]1CCCN(c2nc3ccccc3s2)C1. The third-order valence-electron chi connectivity index (χ3n) is 4.91. The lowest BCUT2D eigenvalue weighted by Crippen LogP contribution is -2.40. The maximum Gasteiger partial charge on any atom is 0.231 e. The molecule has 0 radical (unpaired) electrons. The van der Waals surface area contributed by atoms with Gasteiger partial charge in [-0.05, 0) is 37.1 Å². The number of para-hydroxylation sites is 1. The number of carbonyl (C=O) groups excluding carboxylic acids is 1. The normalized spacial score (nSPS) is 16.8. The van der Waals surface area contributed by atoms with Gasteiger partial charge >= 0.3 is 0 Å². The van der Waals surface area contributed by atoms with Crippen molar-refractivity contribution in [3.05, 3.63) is 48.8 Å². The summed E-state index contributed by atoms with van der Waals surface area (Å²) in [5.41, 5.74) is 1.90. The van der Waals surface area contributed by atoms with Gasteiger partial charge in [0.2, 0.25) is 11.0 Å². The first kappa shape index (κ1) is 18.1. The molecule has 0 bridgehead atoms. The van der Waals surface area contributed by atoms with Gasteiger partial charge in [0.1, 0.15) is 0 Å². The van der Waals surface area contributed by atoms with Crippen LogP contribution in [-0.2, 0) is 4.79 Å². The van der Waals surface area contributed by atoms with E-state index in [1.165, 1.54) is 16.0 Å². The van der Waals surface area contributed by atoms with Crippen LogP contribution in [0.3, 0.4) is 0 Å². The number of nitrogens with zero attached hydrogens (tertiary/aromatic N) is 5. The van der Waals surface area contributed by atoms with Crippen LogP contribution in [0, 0.1) is 5.92 Å². The molecule has 9 heteroatoms. The smallest absolute Gasteiger partial charge is 0.231 e. The van der Waals surface area contributed by atoms with Gasteiger partial charge in [-0.1, -0.05) is 34.8 Å². The van der Waals surface area contributed by atoms with E-state index < -0.39 is 0 Å². The molecule has 5 rings (SSSR count).